The molecule has 0 bridgehead atoms. The van der Waals surface area contributed by atoms with Crippen LogP contribution in [0.4, 0.5) is 0 Å². The molecule has 1 fully saturated rings. The van der Waals surface area contributed by atoms with E-state index in [1.807, 2.05) is 0 Å². The molecule has 13 heteroatoms. The Morgan fingerprint density at radius 2 is 1.15 bits per heavy atom. The van der Waals surface area contributed by atoms with E-state index in [-0.39, 0.29) is 25.8 Å². The van der Waals surface area contributed by atoms with E-state index in [1.165, 1.54) is 0 Å². The summed E-state index contributed by atoms with van der Waals surface area (Å²) in [6, 6.07) is 0. The highest BCUT2D eigenvalue weighted by atomic mass is 16.4. The van der Waals surface area contributed by atoms with Gasteiger partial charge in [0, 0.05) is 37.1 Å². The number of nitrogens with two attached hydrogens (primary N) is 1. The fourth-order valence-electron chi connectivity index (χ4n) is 5.62. The molecule has 0 aromatic carbocycles. The molecule has 1 aliphatic carbocycles. The van der Waals surface area contributed by atoms with Crippen LogP contribution in [0.25, 0.3) is 0 Å². The Labute approximate surface area is 190 Å². The van der Waals surface area contributed by atoms with E-state index in [9.17, 15) is 49.5 Å². The zero-order valence-electron chi connectivity index (χ0n) is 18.3. The summed E-state index contributed by atoms with van der Waals surface area (Å²) in [6.07, 6.45) is -3.97. The number of carbonyl (C=O) groups is 5. The lowest BCUT2D eigenvalue weighted by molar-refractivity contribution is -0.183. The summed E-state index contributed by atoms with van der Waals surface area (Å²) in [5.74, 6) is -7.15. The maximum absolute atomic E-state index is 12.0. The van der Waals surface area contributed by atoms with Gasteiger partial charge in [-0.05, 0) is 18.3 Å². The molecule has 0 radical (unpaired) electrons. The third-order valence-electron chi connectivity index (χ3n) is 6.61. The van der Waals surface area contributed by atoms with Crippen LogP contribution in [0.15, 0.2) is 0 Å². The third kappa shape index (κ3) is 6.85. The summed E-state index contributed by atoms with van der Waals surface area (Å²) in [5, 5.41) is 54.5. The summed E-state index contributed by atoms with van der Waals surface area (Å²) in [5.41, 5.74) is -0.0809. The molecule has 1 atom stereocenters. The molecule has 0 aromatic rings. The Bertz CT molecular complexity index is 724. The first-order chi connectivity index (χ1) is 15.4. The predicted octanol–water partition coefficient (Wildman–Crippen LogP) is -0.607. The highest BCUT2D eigenvalue weighted by Gasteiger charge is 2.67. The third-order valence-corrected chi connectivity index (χ3v) is 6.61. The smallest absolute Gasteiger partial charge is 0.305 e. The van der Waals surface area contributed by atoms with Gasteiger partial charge in [0.1, 0.15) is 0 Å². The molecule has 188 valence electrons. The summed E-state index contributed by atoms with van der Waals surface area (Å²) in [4.78, 5) is 59.6. The Morgan fingerprint density at radius 1 is 0.667 bits per heavy atom. The lowest BCUT2D eigenvalue weighted by atomic mass is 9.43. The van der Waals surface area contributed by atoms with Crippen molar-refractivity contribution in [3.63, 3.8) is 0 Å². The molecular formula is C20H33N3O10. The van der Waals surface area contributed by atoms with E-state index >= 15 is 0 Å². The second kappa shape index (κ2) is 11.9. The normalized spacial score (nSPS) is 21.2. The monoisotopic (exact) mass is 475 g/mol. The Kier molecular flexibility index (Phi) is 10.2. The van der Waals surface area contributed by atoms with Crippen molar-refractivity contribution in [1.29, 1.82) is 0 Å². The van der Waals surface area contributed by atoms with Crippen LogP contribution < -0.4 is 16.4 Å². The van der Waals surface area contributed by atoms with Gasteiger partial charge in [-0.1, -0.05) is 6.42 Å². The van der Waals surface area contributed by atoms with Crippen molar-refractivity contribution >= 4 is 29.8 Å². The Hall–Kier alpha value is -2.77. The second-order valence-electron chi connectivity index (χ2n) is 8.62. The summed E-state index contributed by atoms with van der Waals surface area (Å²) >= 11 is 0. The average Bonchev–Trinajstić information content (AvgIpc) is 2.63. The number of carboxylic acid groups (broad SMARTS) is 5. The molecular weight excluding hydrogens is 442 g/mol. The van der Waals surface area contributed by atoms with E-state index in [0.717, 1.165) is 0 Å². The predicted molar refractivity (Wildman–Crippen MR) is 113 cm³/mol. The van der Waals surface area contributed by atoms with Crippen molar-refractivity contribution in [2.75, 3.05) is 26.2 Å². The quantitative estimate of drug-likeness (QED) is 0.130. The molecule has 0 aliphatic heterocycles. The molecule has 1 aliphatic rings. The van der Waals surface area contributed by atoms with Gasteiger partial charge < -0.3 is 41.9 Å². The fraction of sp³-hybridized carbons (Fsp3) is 0.750. The van der Waals surface area contributed by atoms with Gasteiger partial charge in [-0.25, -0.2) is 0 Å². The van der Waals surface area contributed by atoms with E-state index < -0.39 is 78.3 Å². The van der Waals surface area contributed by atoms with Gasteiger partial charge in [-0.3, -0.25) is 24.0 Å². The van der Waals surface area contributed by atoms with Crippen LogP contribution in [0.1, 0.15) is 51.4 Å². The summed E-state index contributed by atoms with van der Waals surface area (Å²) in [7, 11) is 0. The van der Waals surface area contributed by atoms with Crippen molar-refractivity contribution in [2.24, 2.45) is 16.6 Å². The molecule has 33 heavy (non-hydrogen) atoms. The standard InChI is InChI=1S/C20H33N3O10/c21-4-5-22-6-7-23-20(12-17(32)33)3-1-2-18(8-13(24)25,9-14(26)27)19(20,10-15(28)29)11-16(30)31/h22-23H,1-12,21H2,(H,24,25)(H,26,27)(H,28,29)(H,30,31)(H,32,33). The van der Waals surface area contributed by atoms with Crippen LogP contribution in [0.3, 0.4) is 0 Å². The molecule has 1 saturated carbocycles. The van der Waals surface area contributed by atoms with Crippen LogP contribution in [0.5, 0.6) is 0 Å². The topological polar surface area (TPSA) is 237 Å². The lowest BCUT2D eigenvalue weighted by Gasteiger charge is -2.62. The molecule has 0 saturated heterocycles. The summed E-state index contributed by atoms with van der Waals surface area (Å²) < 4.78 is 0. The Morgan fingerprint density at radius 3 is 1.58 bits per heavy atom. The number of hydrogen-bond acceptors (Lipinski definition) is 8. The highest BCUT2D eigenvalue weighted by molar-refractivity contribution is 5.78. The van der Waals surface area contributed by atoms with Crippen LogP contribution in [0, 0.1) is 10.8 Å². The number of rotatable bonds is 16. The maximum atomic E-state index is 12.0. The fourth-order valence-corrected chi connectivity index (χ4v) is 5.62. The first kappa shape index (κ1) is 28.3. The minimum Gasteiger partial charge on any atom is -0.481 e. The minimum absolute atomic E-state index is 0.0394. The van der Waals surface area contributed by atoms with Gasteiger partial charge in [0.05, 0.1) is 32.1 Å². The largest absolute Gasteiger partial charge is 0.481 e. The first-order valence-electron chi connectivity index (χ1n) is 10.6. The van der Waals surface area contributed by atoms with Gasteiger partial charge >= 0.3 is 29.8 Å². The molecule has 13 nitrogen and oxygen atoms in total. The number of carboxylic acids is 5. The second-order valence-corrected chi connectivity index (χ2v) is 8.62. The molecule has 0 heterocycles. The minimum atomic E-state index is -2.01. The average molecular weight is 475 g/mol. The van der Waals surface area contributed by atoms with Crippen LogP contribution in [0.2, 0.25) is 0 Å². The molecule has 9 N–H and O–H groups in total. The van der Waals surface area contributed by atoms with E-state index in [0.29, 0.717) is 19.6 Å². The van der Waals surface area contributed by atoms with Crippen molar-refractivity contribution < 1.29 is 49.5 Å². The summed E-state index contributed by atoms with van der Waals surface area (Å²) in [6.45, 7) is 1.18. The van der Waals surface area contributed by atoms with Gasteiger partial charge in [0.15, 0.2) is 0 Å². The zero-order chi connectivity index (χ0) is 25.3. The number of nitrogens with one attached hydrogen (secondary N) is 2. The maximum Gasteiger partial charge on any atom is 0.305 e. The molecule has 0 aromatic heterocycles. The van der Waals surface area contributed by atoms with Crippen LogP contribution >= 0.6 is 0 Å². The molecule has 0 amide bonds. The highest BCUT2D eigenvalue weighted by Crippen LogP contribution is 2.64. The molecule has 1 unspecified atom stereocenters. The lowest BCUT2D eigenvalue weighted by Crippen LogP contribution is -2.70. The zero-order valence-corrected chi connectivity index (χ0v) is 18.3. The van der Waals surface area contributed by atoms with Crippen molar-refractivity contribution in [3.8, 4) is 0 Å². The van der Waals surface area contributed by atoms with E-state index in [1.54, 1.807) is 0 Å². The molecule has 1 rings (SSSR count). The van der Waals surface area contributed by atoms with Gasteiger partial charge in [0.2, 0.25) is 0 Å². The number of aliphatic carboxylic acids is 5. The SMILES string of the molecule is NCCNCCNC1(CC(=O)O)CCCC(CC(=O)O)(CC(=O)O)C1(CC(=O)O)CC(=O)O. The van der Waals surface area contributed by atoms with Gasteiger partial charge in [-0.2, -0.15) is 0 Å². The van der Waals surface area contributed by atoms with E-state index in [2.05, 4.69) is 10.6 Å². The number of hydrogen-bond donors (Lipinski definition) is 8. The van der Waals surface area contributed by atoms with Crippen molar-refractivity contribution in [2.45, 2.75) is 56.9 Å². The molecule has 0 spiro atoms. The first-order valence-corrected chi connectivity index (χ1v) is 10.6. The van der Waals surface area contributed by atoms with Gasteiger partial charge in [-0.15, -0.1) is 0 Å². The van der Waals surface area contributed by atoms with Crippen LogP contribution in [-0.4, -0.2) is 87.1 Å². The van der Waals surface area contributed by atoms with Crippen molar-refractivity contribution in [3.05, 3.63) is 0 Å². The van der Waals surface area contributed by atoms with Gasteiger partial charge in [0.25, 0.3) is 0 Å². The van der Waals surface area contributed by atoms with Crippen LogP contribution in [-0.2, 0) is 24.0 Å². The van der Waals surface area contributed by atoms with E-state index in [4.69, 9.17) is 5.73 Å². The van der Waals surface area contributed by atoms with Crippen molar-refractivity contribution in [1.82, 2.24) is 10.6 Å². The Balaban J connectivity index is 3.81.